The molecule has 7 heteroatoms. The Bertz CT molecular complexity index is 767. The van der Waals surface area contributed by atoms with Crippen molar-refractivity contribution in [1.29, 1.82) is 0 Å². The summed E-state index contributed by atoms with van der Waals surface area (Å²) in [6, 6.07) is 11.0. The highest BCUT2D eigenvalue weighted by Crippen LogP contribution is 2.29. The van der Waals surface area contributed by atoms with Crippen LogP contribution in [0.5, 0.6) is 5.75 Å². The van der Waals surface area contributed by atoms with E-state index in [0.717, 1.165) is 17.7 Å². The molecule has 0 amide bonds. The number of hydrogen-bond acceptors (Lipinski definition) is 5. The van der Waals surface area contributed by atoms with Gasteiger partial charge in [0.15, 0.2) is 0 Å². The fourth-order valence-corrected chi connectivity index (χ4v) is 3.63. The maximum Gasteiger partial charge on any atom is 0.134 e. The van der Waals surface area contributed by atoms with E-state index in [-0.39, 0.29) is 12.2 Å². The van der Waals surface area contributed by atoms with Gasteiger partial charge in [-0.15, -0.1) is 0 Å². The molecule has 0 saturated carbocycles. The van der Waals surface area contributed by atoms with E-state index in [4.69, 9.17) is 4.74 Å². The van der Waals surface area contributed by atoms with E-state index in [2.05, 4.69) is 10.2 Å². The van der Waals surface area contributed by atoms with E-state index in [1.54, 1.807) is 6.92 Å². The smallest absolute Gasteiger partial charge is 0.134 e. The lowest BCUT2D eigenvalue weighted by atomic mass is 9.95. The second-order valence-corrected chi connectivity index (χ2v) is 7.27. The van der Waals surface area contributed by atoms with Gasteiger partial charge in [-0.25, -0.2) is 8.78 Å². The molecule has 0 radical (unpaired) electrons. The Kier molecular flexibility index (Phi) is 6.61. The number of aliphatic hydroxyl groups excluding tert-OH is 1. The fourth-order valence-electron chi connectivity index (χ4n) is 3.63. The first-order valence-corrected chi connectivity index (χ1v) is 9.34. The molecule has 3 rings (SSSR count). The van der Waals surface area contributed by atoms with Crippen LogP contribution in [-0.4, -0.2) is 53.6 Å². The molecule has 0 bridgehead atoms. The summed E-state index contributed by atoms with van der Waals surface area (Å²) in [5.41, 5.74) is 0.437. The molecule has 2 unspecified atom stereocenters. The molecule has 2 aromatic carbocycles. The molecule has 1 heterocycles. The number of halogens is 2. The van der Waals surface area contributed by atoms with E-state index in [0.29, 0.717) is 32.8 Å². The average molecular weight is 392 g/mol. The number of phenolic OH excluding ortho intramolecular Hbond substituents is 1. The lowest BCUT2D eigenvalue weighted by Crippen LogP contribution is -2.63. The van der Waals surface area contributed by atoms with E-state index >= 15 is 0 Å². The predicted octanol–water partition coefficient (Wildman–Crippen LogP) is 2.58. The summed E-state index contributed by atoms with van der Waals surface area (Å²) >= 11 is 0. The van der Waals surface area contributed by atoms with Crippen molar-refractivity contribution < 1.29 is 23.7 Å². The highest BCUT2D eigenvalue weighted by atomic mass is 19.1. The summed E-state index contributed by atoms with van der Waals surface area (Å²) in [5.74, 6) is -2.07. The van der Waals surface area contributed by atoms with Gasteiger partial charge in [-0.2, -0.15) is 0 Å². The number of morpholine rings is 1. The van der Waals surface area contributed by atoms with E-state index in [1.165, 1.54) is 0 Å². The Morgan fingerprint density at radius 1 is 1.25 bits per heavy atom. The van der Waals surface area contributed by atoms with Crippen LogP contribution in [0, 0.1) is 11.6 Å². The monoisotopic (exact) mass is 392 g/mol. The Labute approximate surface area is 163 Å². The number of rotatable bonds is 7. The molecule has 1 aliphatic heterocycles. The number of aromatic hydroxyl groups is 1. The van der Waals surface area contributed by atoms with Crippen LogP contribution in [0.1, 0.15) is 24.1 Å². The Hall–Kier alpha value is -2.06. The molecular weight excluding hydrogens is 366 g/mol. The Morgan fingerprint density at radius 2 is 2.00 bits per heavy atom. The van der Waals surface area contributed by atoms with Gasteiger partial charge in [-0.05, 0) is 12.5 Å². The summed E-state index contributed by atoms with van der Waals surface area (Å²) in [7, 11) is 0. The molecule has 2 atom stereocenters. The minimum Gasteiger partial charge on any atom is -0.507 e. The number of ether oxygens (including phenoxy) is 1. The van der Waals surface area contributed by atoms with Crippen LogP contribution in [0.2, 0.25) is 0 Å². The van der Waals surface area contributed by atoms with Crippen molar-refractivity contribution in [3.05, 3.63) is 65.2 Å². The van der Waals surface area contributed by atoms with Gasteiger partial charge in [0.1, 0.15) is 17.4 Å². The van der Waals surface area contributed by atoms with Crippen molar-refractivity contribution >= 4 is 0 Å². The standard InChI is InChI=1S/C21H26F2N2O3/c1-15(20-18(23)9-17(22)10-19(20)27)24-12-21(13-26)14-28-8-7-25(21)11-16-5-3-2-4-6-16/h2-6,9-10,15,24,26-27H,7-8,11-14H2,1H3. The number of nitrogens with one attached hydrogen (secondary N) is 1. The maximum atomic E-state index is 14.1. The number of aliphatic hydroxyl groups is 1. The van der Waals surface area contributed by atoms with Crippen LogP contribution >= 0.6 is 0 Å². The van der Waals surface area contributed by atoms with Crippen LogP contribution in [0.25, 0.3) is 0 Å². The Morgan fingerprint density at radius 3 is 2.68 bits per heavy atom. The quantitative estimate of drug-likeness (QED) is 0.676. The maximum absolute atomic E-state index is 14.1. The van der Waals surface area contributed by atoms with Crippen molar-refractivity contribution in [2.75, 3.05) is 32.9 Å². The van der Waals surface area contributed by atoms with Gasteiger partial charge < -0.3 is 20.3 Å². The molecule has 1 saturated heterocycles. The molecule has 0 spiro atoms. The molecule has 1 fully saturated rings. The van der Waals surface area contributed by atoms with E-state index in [9.17, 15) is 19.0 Å². The molecule has 3 N–H and O–H groups in total. The first-order valence-electron chi connectivity index (χ1n) is 9.34. The first-order chi connectivity index (χ1) is 13.4. The second kappa shape index (κ2) is 8.96. The molecule has 152 valence electrons. The first kappa shape index (κ1) is 20.7. The summed E-state index contributed by atoms with van der Waals surface area (Å²) in [4.78, 5) is 2.16. The van der Waals surface area contributed by atoms with Crippen LogP contribution in [-0.2, 0) is 11.3 Å². The van der Waals surface area contributed by atoms with E-state index < -0.39 is 29.0 Å². The summed E-state index contributed by atoms with van der Waals surface area (Å²) in [6.45, 7) is 4.06. The SMILES string of the molecule is CC(NCC1(CO)COCCN1Cc1ccccc1)c1c(O)cc(F)cc1F. The third-order valence-corrected chi connectivity index (χ3v) is 5.30. The van der Waals surface area contributed by atoms with Crippen molar-refractivity contribution in [1.82, 2.24) is 10.2 Å². The largest absolute Gasteiger partial charge is 0.507 e. The zero-order chi connectivity index (χ0) is 20.1. The van der Waals surface area contributed by atoms with Gasteiger partial charge in [0.25, 0.3) is 0 Å². The molecular formula is C21H26F2N2O3. The zero-order valence-electron chi connectivity index (χ0n) is 15.9. The van der Waals surface area contributed by atoms with Crippen LogP contribution in [0.4, 0.5) is 8.78 Å². The number of benzene rings is 2. The van der Waals surface area contributed by atoms with Crippen LogP contribution in [0.3, 0.4) is 0 Å². The molecule has 5 nitrogen and oxygen atoms in total. The Balaban J connectivity index is 1.75. The van der Waals surface area contributed by atoms with Gasteiger partial charge in [0, 0.05) is 43.4 Å². The van der Waals surface area contributed by atoms with Gasteiger partial charge in [-0.3, -0.25) is 4.90 Å². The molecule has 28 heavy (non-hydrogen) atoms. The van der Waals surface area contributed by atoms with Crippen molar-refractivity contribution in [2.24, 2.45) is 0 Å². The number of hydrogen-bond donors (Lipinski definition) is 3. The normalized spacial score (nSPS) is 21.6. The van der Waals surface area contributed by atoms with Crippen LogP contribution < -0.4 is 5.32 Å². The zero-order valence-corrected chi connectivity index (χ0v) is 15.9. The van der Waals surface area contributed by atoms with E-state index in [1.807, 2.05) is 30.3 Å². The number of nitrogens with zero attached hydrogens (tertiary/aromatic N) is 1. The topological polar surface area (TPSA) is 65.0 Å². The van der Waals surface area contributed by atoms with Gasteiger partial charge in [-0.1, -0.05) is 30.3 Å². The summed E-state index contributed by atoms with van der Waals surface area (Å²) < 4.78 is 33.0. The summed E-state index contributed by atoms with van der Waals surface area (Å²) in [5, 5.41) is 23.3. The van der Waals surface area contributed by atoms with Crippen molar-refractivity contribution in [2.45, 2.75) is 25.0 Å². The highest BCUT2D eigenvalue weighted by molar-refractivity contribution is 5.36. The van der Waals surface area contributed by atoms with Gasteiger partial charge in [0.2, 0.25) is 0 Å². The van der Waals surface area contributed by atoms with Gasteiger partial charge in [0.05, 0.1) is 25.4 Å². The fraction of sp³-hybridized carbons (Fsp3) is 0.429. The lowest BCUT2D eigenvalue weighted by molar-refractivity contribution is -0.0952. The average Bonchev–Trinajstić information content (AvgIpc) is 2.67. The summed E-state index contributed by atoms with van der Waals surface area (Å²) in [6.07, 6.45) is 0. The molecule has 2 aromatic rings. The number of phenols is 1. The lowest BCUT2D eigenvalue weighted by Gasteiger charge is -2.46. The molecule has 1 aliphatic rings. The highest BCUT2D eigenvalue weighted by Gasteiger charge is 2.39. The third-order valence-electron chi connectivity index (χ3n) is 5.30. The van der Waals surface area contributed by atoms with Crippen molar-refractivity contribution in [3.63, 3.8) is 0 Å². The molecule has 0 aliphatic carbocycles. The molecule has 0 aromatic heterocycles. The third kappa shape index (κ3) is 4.50. The van der Waals surface area contributed by atoms with Crippen molar-refractivity contribution in [3.8, 4) is 5.75 Å². The minimum atomic E-state index is -0.826. The predicted molar refractivity (Wildman–Crippen MR) is 102 cm³/mol. The minimum absolute atomic E-state index is 0.000766. The second-order valence-electron chi connectivity index (χ2n) is 7.27. The van der Waals surface area contributed by atoms with Gasteiger partial charge >= 0.3 is 0 Å². The van der Waals surface area contributed by atoms with Crippen LogP contribution in [0.15, 0.2) is 42.5 Å².